The minimum Gasteiger partial charge on any atom is -0.299 e. The smallest absolute Gasteiger partial charge is 0.140 e. The maximum Gasteiger partial charge on any atom is 0.140 e. The Morgan fingerprint density at radius 3 is 2.79 bits per heavy atom. The second-order valence-electron chi connectivity index (χ2n) is 3.55. The first-order chi connectivity index (χ1) is 6.70. The van der Waals surface area contributed by atoms with Gasteiger partial charge in [-0.05, 0) is 25.0 Å². The Morgan fingerprint density at radius 2 is 2.21 bits per heavy atom. The summed E-state index contributed by atoms with van der Waals surface area (Å²) in [5.41, 5.74) is 0.386. The van der Waals surface area contributed by atoms with E-state index in [2.05, 4.69) is 0 Å². The van der Waals surface area contributed by atoms with Crippen LogP contribution in [0.1, 0.15) is 30.7 Å². The second-order valence-corrected chi connectivity index (χ2v) is 3.95. The average molecular weight is 213 g/mol. The van der Waals surface area contributed by atoms with Gasteiger partial charge in [-0.15, -0.1) is 0 Å². The van der Waals surface area contributed by atoms with Crippen LogP contribution in [0.5, 0.6) is 0 Å². The number of Topliss-reactive ketones (excluding diaryl/α,β-unsaturated/α-hetero) is 1. The second kappa shape index (κ2) is 3.70. The number of ketones is 1. The quantitative estimate of drug-likeness (QED) is 0.698. The molecular formula is C11H10ClFO. The number of hydrogen-bond acceptors (Lipinski definition) is 1. The van der Waals surface area contributed by atoms with Gasteiger partial charge in [0.15, 0.2) is 0 Å². The zero-order valence-electron chi connectivity index (χ0n) is 7.59. The molecule has 0 radical (unpaired) electrons. The van der Waals surface area contributed by atoms with Crippen molar-refractivity contribution in [1.29, 1.82) is 0 Å². The maximum absolute atomic E-state index is 13.4. The Hall–Kier alpha value is -0.890. The van der Waals surface area contributed by atoms with Crippen LogP contribution < -0.4 is 0 Å². The summed E-state index contributed by atoms with van der Waals surface area (Å²) in [6.07, 6.45) is 2.11. The number of halogens is 2. The third-order valence-electron chi connectivity index (χ3n) is 2.65. The highest BCUT2D eigenvalue weighted by molar-refractivity contribution is 6.31. The summed E-state index contributed by atoms with van der Waals surface area (Å²) in [6, 6.07) is 4.54. The van der Waals surface area contributed by atoms with Gasteiger partial charge >= 0.3 is 0 Å². The minimum atomic E-state index is -0.363. The summed E-state index contributed by atoms with van der Waals surface area (Å²) in [6.45, 7) is 0. The summed E-state index contributed by atoms with van der Waals surface area (Å²) >= 11 is 5.88. The lowest BCUT2D eigenvalue weighted by atomic mass is 9.96. The van der Waals surface area contributed by atoms with E-state index in [0.29, 0.717) is 17.0 Å². The summed E-state index contributed by atoms with van der Waals surface area (Å²) in [5, 5.41) is 0.366. The van der Waals surface area contributed by atoms with Gasteiger partial charge < -0.3 is 0 Å². The van der Waals surface area contributed by atoms with E-state index in [-0.39, 0.29) is 17.5 Å². The molecule has 3 heteroatoms. The molecule has 0 amide bonds. The molecule has 1 atom stereocenters. The first-order valence-corrected chi connectivity index (χ1v) is 5.04. The fourth-order valence-electron chi connectivity index (χ4n) is 1.96. The molecule has 0 heterocycles. The highest BCUT2D eigenvalue weighted by atomic mass is 35.5. The Bertz CT molecular complexity index is 355. The van der Waals surface area contributed by atoms with Crippen LogP contribution in [0.3, 0.4) is 0 Å². The van der Waals surface area contributed by atoms with Crippen molar-refractivity contribution in [3.8, 4) is 0 Å². The molecule has 1 aromatic carbocycles. The van der Waals surface area contributed by atoms with Gasteiger partial charge in [0.05, 0.1) is 0 Å². The highest BCUT2D eigenvalue weighted by Gasteiger charge is 2.29. The molecule has 1 aliphatic rings. The molecule has 0 spiro atoms. The number of carbonyl (C=O) groups excluding carboxylic acids is 1. The molecule has 1 aromatic rings. The summed E-state index contributed by atoms with van der Waals surface area (Å²) in [5.74, 6) is -0.571. The minimum absolute atomic E-state index is 0.108. The van der Waals surface area contributed by atoms with E-state index in [1.165, 1.54) is 6.07 Å². The van der Waals surface area contributed by atoms with Gasteiger partial charge in [0, 0.05) is 22.9 Å². The lowest BCUT2D eigenvalue weighted by Crippen LogP contribution is -2.07. The standard InChI is InChI=1S/C11H10ClFO/c12-8-4-2-5-9(13)11(8)7-3-1-6-10(7)14/h2,4-5,7H,1,3,6H2. The number of carbonyl (C=O) groups is 1. The van der Waals surface area contributed by atoms with E-state index in [4.69, 9.17) is 11.6 Å². The normalized spacial score (nSPS) is 21.6. The van der Waals surface area contributed by atoms with Crippen molar-refractivity contribution in [2.24, 2.45) is 0 Å². The van der Waals surface area contributed by atoms with Gasteiger partial charge in [0.25, 0.3) is 0 Å². The van der Waals surface area contributed by atoms with Gasteiger partial charge in [0.1, 0.15) is 11.6 Å². The molecule has 0 aliphatic heterocycles. The van der Waals surface area contributed by atoms with Gasteiger partial charge in [-0.3, -0.25) is 4.79 Å². The fourth-order valence-corrected chi connectivity index (χ4v) is 2.26. The highest BCUT2D eigenvalue weighted by Crippen LogP contribution is 2.36. The third kappa shape index (κ3) is 1.55. The summed E-state index contributed by atoms with van der Waals surface area (Å²) in [7, 11) is 0. The number of rotatable bonds is 1. The van der Waals surface area contributed by atoms with Crippen LogP contribution in [0.25, 0.3) is 0 Å². The molecule has 1 saturated carbocycles. The Kier molecular flexibility index (Phi) is 2.55. The van der Waals surface area contributed by atoms with Gasteiger partial charge in [-0.2, -0.15) is 0 Å². The lowest BCUT2D eigenvalue weighted by Gasteiger charge is -2.11. The lowest BCUT2D eigenvalue weighted by molar-refractivity contribution is -0.118. The Morgan fingerprint density at radius 1 is 1.43 bits per heavy atom. The molecule has 14 heavy (non-hydrogen) atoms. The van der Waals surface area contributed by atoms with E-state index in [1.807, 2.05) is 0 Å². The molecule has 0 saturated heterocycles. The van der Waals surface area contributed by atoms with Crippen molar-refractivity contribution in [3.63, 3.8) is 0 Å². The molecular weight excluding hydrogens is 203 g/mol. The van der Waals surface area contributed by atoms with Crippen LogP contribution in [-0.2, 0) is 4.79 Å². The maximum atomic E-state index is 13.4. The van der Waals surface area contributed by atoms with Gasteiger partial charge in [0.2, 0.25) is 0 Å². The van der Waals surface area contributed by atoms with Crippen LogP contribution >= 0.6 is 11.6 Å². The van der Waals surface area contributed by atoms with Gasteiger partial charge in [-0.1, -0.05) is 17.7 Å². The first-order valence-electron chi connectivity index (χ1n) is 4.67. The SMILES string of the molecule is O=C1CCCC1c1c(F)cccc1Cl. The predicted octanol–water partition coefficient (Wildman–Crippen LogP) is 3.32. The van der Waals surface area contributed by atoms with Crippen LogP contribution in [0.4, 0.5) is 4.39 Å². The fraction of sp³-hybridized carbons (Fsp3) is 0.364. The molecule has 1 aliphatic carbocycles. The van der Waals surface area contributed by atoms with Crippen molar-refractivity contribution in [2.75, 3.05) is 0 Å². The molecule has 2 rings (SSSR count). The van der Waals surface area contributed by atoms with Crippen molar-refractivity contribution < 1.29 is 9.18 Å². The van der Waals surface area contributed by atoms with Gasteiger partial charge in [-0.25, -0.2) is 4.39 Å². The average Bonchev–Trinajstić information content (AvgIpc) is 2.52. The van der Waals surface area contributed by atoms with Crippen molar-refractivity contribution in [1.82, 2.24) is 0 Å². The van der Waals surface area contributed by atoms with E-state index in [0.717, 1.165) is 12.8 Å². The predicted molar refractivity (Wildman–Crippen MR) is 53.0 cm³/mol. The Balaban J connectivity index is 2.44. The number of hydrogen-bond donors (Lipinski definition) is 0. The zero-order valence-corrected chi connectivity index (χ0v) is 8.35. The first kappa shape index (κ1) is 9.66. The molecule has 0 bridgehead atoms. The Labute approximate surface area is 86.9 Å². The van der Waals surface area contributed by atoms with Crippen molar-refractivity contribution >= 4 is 17.4 Å². The molecule has 0 aromatic heterocycles. The van der Waals surface area contributed by atoms with E-state index in [9.17, 15) is 9.18 Å². The van der Waals surface area contributed by atoms with Crippen molar-refractivity contribution in [3.05, 3.63) is 34.6 Å². The molecule has 1 unspecified atom stereocenters. The topological polar surface area (TPSA) is 17.1 Å². The van der Waals surface area contributed by atoms with Crippen LogP contribution in [-0.4, -0.2) is 5.78 Å². The van der Waals surface area contributed by atoms with Crippen molar-refractivity contribution in [2.45, 2.75) is 25.2 Å². The molecule has 0 N–H and O–H groups in total. The summed E-state index contributed by atoms with van der Waals surface area (Å²) < 4.78 is 13.4. The van der Waals surface area contributed by atoms with E-state index >= 15 is 0 Å². The largest absolute Gasteiger partial charge is 0.299 e. The molecule has 1 nitrogen and oxygen atoms in total. The molecule has 74 valence electrons. The van der Waals surface area contributed by atoms with E-state index in [1.54, 1.807) is 12.1 Å². The monoisotopic (exact) mass is 212 g/mol. The summed E-state index contributed by atoms with van der Waals surface area (Å²) in [4.78, 5) is 11.5. The van der Waals surface area contributed by atoms with E-state index < -0.39 is 0 Å². The van der Waals surface area contributed by atoms with Crippen LogP contribution in [0.15, 0.2) is 18.2 Å². The molecule has 1 fully saturated rings. The number of benzene rings is 1. The van der Waals surface area contributed by atoms with Crippen LogP contribution in [0.2, 0.25) is 5.02 Å². The van der Waals surface area contributed by atoms with Crippen LogP contribution in [0, 0.1) is 5.82 Å². The third-order valence-corrected chi connectivity index (χ3v) is 2.98. The zero-order chi connectivity index (χ0) is 10.1.